The SMILES string of the molecule is CC(C)(C)OC(=O)N1[C@H](Cc2ccc(C(=O)O)cc2)CC[C@@H]1[C@H](O[Si](C)(C)C(C)(C)C)c1ccccc1. The first kappa shape index (κ1) is 28.9. The predicted molar refractivity (Wildman–Crippen MR) is 149 cm³/mol. The molecule has 1 aliphatic rings. The van der Waals surface area contributed by atoms with Crippen molar-refractivity contribution >= 4 is 20.4 Å². The van der Waals surface area contributed by atoms with Crippen LogP contribution >= 0.6 is 0 Å². The Balaban J connectivity index is 1.99. The third-order valence-electron chi connectivity index (χ3n) is 7.53. The fraction of sp³-hybridized carbons (Fsp3) is 0.533. The first-order valence-corrected chi connectivity index (χ1v) is 16.1. The zero-order valence-electron chi connectivity index (χ0n) is 23.6. The van der Waals surface area contributed by atoms with E-state index in [1.165, 1.54) is 0 Å². The molecule has 1 saturated heterocycles. The lowest BCUT2D eigenvalue weighted by Crippen LogP contribution is -2.50. The fourth-order valence-corrected chi connectivity index (χ4v) is 5.85. The molecule has 202 valence electrons. The van der Waals surface area contributed by atoms with Crippen LogP contribution in [0.3, 0.4) is 0 Å². The van der Waals surface area contributed by atoms with Crippen LogP contribution in [-0.4, -0.2) is 48.1 Å². The number of carbonyl (C=O) groups excluding carboxylic acids is 1. The molecule has 3 atom stereocenters. The highest BCUT2D eigenvalue weighted by Crippen LogP contribution is 2.44. The Morgan fingerprint density at radius 2 is 1.57 bits per heavy atom. The van der Waals surface area contributed by atoms with Crippen molar-refractivity contribution in [3.05, 3.63) is 71.3 Å². The van der Waals surface area contributed by atoms with E-state index in [2.05, 4.69) is 46.0 Å². The van der Waals surface area contributed by atoms with Crippen LogP contribution in [0.15, 0.2) is 54.6 Å². The maximum atomic E-state index is 13.7. The molecule has 2 aromatic carbocycles. The Morgan fingerprint density at radius 3 is 2.08 bits per heavy atom. The van der Waals surface area contributed by atoms with Crippen molar-refractivity contribution in [2.45, 2.75) is 103 Å². The average Bonchev–Trinajstić information content (AvgIpc) is 3.20. The number of benzene rings is 2. The molecule has 7 heteroatoms. The molecule has 37 heavy (non-hydrogen) atoms. The van der Waals surface area contributed by atoms with Gasteiger partial charge >= 0.3 is 12.1 Å². The number of carbonyl (C=O) groups is 2. The Morgan fingerprint density at radius 1 is 0.973 bits per heavy atom. The second kappa shape index (κ2) is 11.0. The molecule has 6 nitrogen and oxygen atoms in total. The van der Waals surface area contributed by atoms with E-state index in [0.29, 0.717) is 6.42 Å². The predicted octanol–water partition coefficient (Wildman–Crippen LogP) is 7.46. The number of ether oxygens (including phenoxy) is 1. The molecular formula is C30H43NO5Si. The smallest absolute Gasteiger partial charge is 0.410 e. The van der Waals surface area contributed by atoms with Crippen molar-refractivity contribution in [2.24, 2.45) is 0 Å². The van der Waals surface area contributed by atoms with Gasteiger partial charge in [-0.1, -0.05) is 63.2 Å². The Labute approximate surface area is 223 Å². The van der Waals surface area contributed by atoms with Crippen LogP contribution in [0.4, 0.5) is 4.79 Å². The second-order valence-corrected chi connectivity index (χ2v) is 17.4. The third-order valence-corrected chi connectivity index (χ3v) is 12.0. The Kier molecular flexibility index (Phi) is 8.59. The summed E-state index contributed by atoms with van der Waals surface area (Å²) in [6.07, 6.45) is 1.63. The van der Waals surface area contributed by atoms with E-state index < -0.39 is 19.9 Å². The van der Waals surface area contributed by atoms with Gasteiger partial charge in [0.1, 0.15) is 5.60 Å². The van der Waals surface area contributed by atoms with Crippen LogP contribution in [0.25, 0.3) is 0 Å². The summed E-state index contributed by atoms with van der Waals surface area (Å²) in [6.45, 7) is 16.8. The van der Waals surface area contributed by atoms with Crippen LogP contribution in [0.2, 0.25) is 18.1 Å². The van der Waals surface area contributed by atoms with Crippen LogP contribution in [0.5, 0.6) is 0 Å². The minimum atomic E-state index is -2.18. The van der Waals surface area contributed by atoms with Gasteiger partial charge in [-0.25, -0.2) is 9.59 Å². The standard InChI is InChI=1S/C30H43NO5Si/c1-29(2,3)35-28(34)31-24(20-21-14-16-23(17-15-21)27(32)33)18-19-25(31)26(22-12-10-9-11-13-22)36-37(7,8)30(4,5)6/h9-17,24-26H,18-20H2,1-8H3,(H,32,33)/t24-,25+,26+/m0/s1. The van der Waals surface area contributed by atoms with E-state index >= 15 is 0 Å². The summed E-state index contributed by atoms with van der Waals surface area (Å²) in [5, 5.41) is 9.27. The normalized spacial score (nSPS) is 19.5. The molecule has 0 aliphatic carbocycles. The zero-order chi connectivity index (χ0) is 27.6. The van der Waals surface area contributed by atoms with Crippen molar-refractivity contribution in [2.75, 3.05) is 0 Å². The Bertz CT molecular complexity index is 1070. The van der Waals surface area contributed by atoms with Gasteiger partial charge in [0.05, 0.1) is 17.7 Å². The average molecular weight is 526 g/mol. The molecule has 0 bridgehead atoms. The summed E-state index contributed by atoms with van der Waals surface area (Å²) in [5.41, 5.74) is 1.69. The molecule has 1 fully saturated rings. The van der Waals surface area contributed by atoms with Crippen LogP contribution < -0.4 is 0 Å². The van der Waals surface area contributed by atoms with E-state index in [1.54, 1.807) is 12.1 Å². The van der Waals surface area contributed by atoms with Gasteiger partial charge in [-0.15, -0.1) is 0 Å². The number of aromatic carboxylic acids is 1. The van der Waals surface area contributed by atoms with Crippen molar-refractivity contribution in [1.82, 2.24) is 4.90 Å². The van der Waals surface area contributed by atoms with Gasteiger partial charge < -0.3 is 14.3 Å². The summed E-state index contributed by atoms with van der Waals surface area (Å²) in [6, 6.07) is 16.9. The van der Waals surface area contributed by atoms with E-state index in [4.69, 9.17) is 9.16 Å². The van der Waals surface area contributed by atoms with Gasteiger partial charge in [-0.3, -0.25) is 4.90 Å². The number of rotatable bonds is 7. The fourth-order valence-electron chi connectivity index (χ4n) is 4.57. The number of carboxylic acids is 1. The molecule has 0 spiro atoms. The lowest BCUT2D eigenvalue weighted by molar-refractivity contribution is -0.00239. The minimum Gasteiger partial charge on any atom is -0.478 e. The highest BCUT2D eigenvalue weighted by atomic mass is 28.4. The van der Waals surface area contributed by atoms with Gasteiger partial charge in [-0.05, 0) is 81.4 Å². The van der Waals surface area contributed by atoms with Gasteiger partial charge in [0.25, 0.3) is 0 Å². The lowest BCUT2D eigenvalue weighted by atomic mass is 10.0. The quantitative estimate of drug-likeness (QED) is 0.380. The Hall–Kier alpha value is -2.64. The monoisotopic (exact) mass is 525 g/mol. The third kappa shape index (κ3) is 7.23. The lowest BCUT2D eigenvalue weighted by Gasteiger charge is -2.43. The topological polar surface area (TPSA) is 76.1 Å². The molecule has 1 heterocycles. The maximum Gasteiger partial charge on any atom is 0.410 e. The van der Waals surface area contributed by atoms with Gasteiger partial charge in [0.2, 0.25) is 0 Å². The molecule has 3 rings (SSSR count). The van der Waals surface area contributed by atoms with Gasteiger partial charge in [0.15, 0.2) is 8.32 Å². The first-order valence-electron chi connectivity index (χ1n) is 13.2. The van der Waals surface area contributed by atoms with Crippen molar-refractivity contribution in [1.29, 1.82) is 0 Å². The van der Waals surface area contributed by atoms with Crippen molar-refractivity contribution in [3.63, 3.8) is 0 Å². The molecule has 1 aliphatic heterocycles. The second-order valence-electron chi connectivity index (χ2n) is 12.6. The summed E-state index contributed by atoms with van der Waals surface area (Å²) < 4.78 is 13.0. The largest absolute Gasteiger partial charge is 0.478 e. The van der Waals surface area contributed by atoms with Crippen LogP contribution in [0, 0.1) is 0 Å². The molecule has 2 aromatic rings. The van der Waals surface area contributed by atoms with E-state index in [1.807, 2.05) is 56.0 Å². The first-order chi connectivity index (χ1) is 17.1. The highest BCUT2D eigenvalue weighted by molar-refractivity contribution is 6.74. The van der Waals surface area contributed by atoms with Gasteiger partial charge in [0, 0.05) is 6.04 Å². The number of amides is 1. The molecule has 1 N–H and O–H groups in total. The highest BCUT2D eigenvalue weighted by Gasteiger charge is 2.47. The summed E-state index contributed by atoms with van der Waals surface area (Å²) in [7, 11) is -2.18. The van der Waals surface area contributed by atoms with E-state index in [-0.39, 0.29) is 34.9 Å². The number of hydrogen-bond donors (Lipinski definition) is 1. The van der Waals surface area contributed by atoms with Crippen molar-refractivity contribution < 1.29 is 23.9 Å². The molecule has 0 radical (unpaired) electrons. The maximum absolute atomic E-state index is 13.7. The molecule has 0 unspecified atom stereocenters. The molecule has 0 saturated carbocycles. The van der Waals surface area contributed by atoms with Gasteiger partial charge in [-0.2, -0.15) is 0 Å². The molecule has 0 aromatic heterocycles. The number of nitrogens with zero attached hydrogens (tertiary/aromatic N) is 1. The van der Waals surface area contributed by atoms with E-state index in [9.17, 15) is 14.7 Å². The number of hydrogen-bond acceptors (Lipinski definition) is 4. The zero-order valence-corrected chi connectivity index (χ0v) is 24.6. The molecular weight excluding hydrogens is 482 g/mol. The van der Waals surface area contributed by atoms with Crippen molar-refractivity contribution in [3.8, 4) is 0 Å². The summed E-state index contributed by atoms with van der Waals surface area (Å²) >= 11 is 0. The van der Waals surface area contributed by atoms with E-state index in [0.717, 1.165) is 24.0 Å². The number of carboxylic acid groups (broad SMARTS) is 1. The molecule has 1 amide bonds. The summed E-state index contributed by atoms with van der Waals surface area (Å²) in [4.78, 5) is 26.9. The minimum absolute atomic E-state index is 0.0146. The number of likely N-dealkylation sites (tertiary alicyclic amines) is 1. The summed E-state index contributed by atoms with van der Waals surface area (Å²) in [5.74, 6) is -0.948. The van der Waals surface area contributed by atoms with Crippen LogP contribution in [0.1, 0.15) is 82.0 Å². The van der Waals surface area contributed by atoms with Crippen LogP contribution in [-0.2, 0) is 15.6 Å².